The van der Waals surface area contributed by atoms with Gasteiger partial charge in [-0.1, -0.05) is 6.92 Å². The maximum Gasteiger partial charge on any atom is 0.246 e. The number of hydrogen-bond donors (Lipinski definition) is 2. The van der Waals surface area contributed by atoms with Crippen LogP contribution in [0.15, 0.2) is 11.1 Å². The van der Waals surface area contributed by atoms with E-state index in [9.17, 15) is 13.5 Å². The molecule has 2 unspecified atom stereocenters. The molecule has 6 nitrogen and oxygen atoms in total. The summed E-state index contributed by atoms with van der Waals surface area (Å²) < 4.78 is 26.2. The number of nitrogens with one attached hydrogen (secondary N) is 1. The van der Waals surface area contributed by atoms with Gasteiger partial charge in [0.15, 0.2) is 0 Å². The third kappa shape index (κ3) is 1.98. The number of aliphatic hydroxyl groups excluding tert-OH is 1. The lowest BCUT2D eigenvalue weighted by atomic mass is 10.0. The molecular weight excluding hydrogens is 242 g/mol. The predicted molar refractivity (Wildman–Crippen MR) is 61.9 cm³/mol. The minimum Gasteiger partial charge on any atom is -0.395 e. The van der Waals surface area contributed by atoms with E-state index in [1.807, 2.05) is 6.92 Å². The van der Waals surface area contributed by atoms with Gasteiger partial charge in [0.25, 0.3) is 0 Å². The highest BCUT2D eigenvalue weighted by molar-refractivity contribution is 7.89. The molecule has 1 saturated heterocycles. The van der Waals surface area contributed by atoms with Gasteiger partial charge >= 0.3 is 0 Å². The highest BCUT2D eigenvalue weighted by Crippen LogP contribution is 2.30. The lowest BCUT2D eigenvalue weighted by Crippen LogP contribution is -2.39. The average molecular weight is 259 g/mol. The Kier molecular flexibility index (Phi) is 3.24. The third-order valence-corrected chi connectivity index (χ3v) is 5.43. The van der Waals surface area contributed by atoms with Crippen LogP contribution in [0, 0.1) is 12.8 Å². The van der Waals surface area contributed by atoms with Gasteiger partial charge in [-0.3, -0.25) is 5.10 Å². The second kappa shape index (κ2) is 4.40. The zero-order valence-electron chi connectivity index (χ0n) is 9.92. The van der Waals surface area contributed by atoms with Crippen molar-refractivity contribution in [1.29, 1.82) is 0 Å². The van der Waals surface area contributed by atoms with Gasteiger partial charge in [-0.15, -0.1) is 0 Å². The van der Waals surface area contributed by atoms with Crippen LogP contribution < -0.4 is 0 Å². The van der Waals surface area contributed by atoms with Crippen LogP contribution in [0.25, 0.3) is 0 Å². The summed E-state index contributed by atoms with van der Waals surface area (Å²) in [6.45, 7) is 3.95. The van der Waals surface area contributed by atoms with E-state index in [0.717, 1.165) is 6.42 Å². The summed E-state index contributed by atoms with van der Waals surface area (Å²) in [4.78, 5) is 0.199. The van der Waals surface area contributed by atoms with E-state index in [-0.39, 0.29) is 23.5 Å². The first-order valence-corrected chi connectivity index (χ1v) is 7.05. The molecule has 1 aromatic heterocycles. The van der Waals surface area contributed by atoms with Crippen LogP contribution in [0.2, 0.25) is 0 Å². The smallest absolute Gasteiger partial charge is 0.246 e. The molecule has 1 aliphatic heterocycles. The second-order valence-corrected chi connectivity index (χ2v) is 6.35. The number of rotatable bonds is 3. The molecule has 7 heteroatoms. The van der Waals surface area contributed by atoms with Crippen molar-refractivity contribution < 1.29 is 13.5 Å². The minimum absolute atomic E-state index is 0.142. The van der Waals surface area contributed by atoms with Crippen molar-refractivity contribution in [3.05, 3.63) is 11.9 Å². The third-order valence-electron chi connectivity index (χ3n) is 3.39. The van der Waals surface area contributed by atoms with E-state index in [0.29, 0.717) is 12.2 Å². The Morgan fingerprint density at radius 1 is 1.65 bits per heavy atom. The molecule has 0 aliphatic carbocycles. The summed E-state index contributed by atoms with van der Waals surface area (Å²) in [7, 11) is -3.54. The van der Waals surface area contributed by atoms with E-state index in [1.54, 1.807) is 6.92 Å². The van der Waals surface area contributed by atoms with Crippen molar-refractivity contribution in [3.8, 4) is 0 Å². The van der Waals surface area contributed by atoms with Gasteiger partial charge in [0.1, 0.15) is 4.90 Å². The molecule has 1 aliphatic rings. The Bertz CT molecular complexity index is 497. The van der Waals surface area contributed by atoms with E-state index < -0.39 is 10.0 Å². The van der Waals surface area contributed by atoms with Crippen LogP contribution in [-0.2, 0) is 10.0 Å². The maximum atomic E-state index is 12.4. The zero-order valence-corrected chi connectivity index (χ0v) is 10.7. The first-order valence-electron chi connectivity index (χ1n) is 5.61. The normalized spacial score (nSPS) is 26.5. The summed E-state index contributed by atoms with van der Waals surface area (Å²) in [5.74, 6) is 0.182. The Morgan fingerprint density at radius 3 is 2.88 bits per heavy atom. The molecule has 0 saturated carbocycles. The number of hydrogen-bond acceptors (Lipinski definition) is 4. The van der Waals surface area contributed by atoms with Gasteiger partial charge in [-0.05, 0) is 19.3 Å². The molecular formula is C10H17N3O3S. The van der Waals surface area contributed by atoms with Crippen LogP contribution in [0.1, 0.15) is 19.0 Å². The van der Waals surface area contributed by atoms with Gasteiger partial charge < -0.3 is 5.11 Å². The Morgan fingerprint density at radius 2 is 2.35 bits per heavy atom. The number of nitrogens with zero attached hydrogens (tertiary/aromatic N) is 2. The fourth-order valence-electron chi connectivity index (χ4n) is 2.27. The fourth-order valence-corrected chi connectivity index (χ4v) is 4.12. The average Bonchev–Trinajstić information content (AvgIpc) is 2.84. The number of sulfonamides is 1. The Hall–Kier alpha value is -0.920. The lowest BCUT2D eigenvalue weighted by Gasteiger charge is -2.24. The summed E-state index contributed by atoms with van der Waals surface area (Å²) in [5, 5.41) is 15.7. The Labute approximate surface area is 101 Å². The number of aliphatic hydroxyl groups is 1. The standard InChI is InChI=1S/C10H17N3O3S/c1-7-3-4-13(9(7)6-14)17(15,16)10-5-11-12-8(10)2/h5,7,9,14H,3-4,6H2,1-2H3,(H,11,12). The first kappa shape index (κ1) is 12.5. The molecule has 1 fully saturated rings. The summed E-state index contributed by atoms with van der Waals surface area (Å²) in [6, 6.07) is -0.325. The number of aromatic amines is 1. The molecule has 17 heavy (non-hydrogen) atoms. The molecule has 96 valence electrons. The number of H-pyrrole nitrogens is 1. The van der Waals surface area contributed by atoms with Crippen molar-refractivity contribution in [3.63, 3.8) is 0 Å². The molecule has 1 aromatic rings. The van der Waals surface area contributed by atoms with Crippen LogP contribution in [0.5, 0.6) is 0 Å². The van der Waals surface area contributed by atoms with Crippen LogP contribution in [0.4, 0.5) is 0 Å². The SMILES string of the molecule is Cc1[nH]ncc1S(=O)(=O)N1CCC(C)C1CO. The predicted octanol–water partition coefficient (Wildman–Crippen LogP) is 0.110. The van der Waals surface area contributed by atoms with Crippen molar-refractivity contribution in [2.75, 3.05) is 13.2 Å². The molecule has 2 N–H and O–H groups in total. The van der Waals surface area contributed by atoms with Crippen molar-refractivity contribution >= 4 is 10.0 Å². The fraction of sp³-hybridized carbons (Fsp3) is 0.700. The van der Waals surface area contributed by atoms with E-state index >= 15 is 0 Å². The topological polar surface area (TPSA) is 86.3 Å². The van der Waals surface area contributed by atoms with Gasteiger partial charge in [0, 0.05) is 6.54 Å². The highest BCUT2D eigenvalue weighted by atomic mass is 32.2. The molecule has 0 bridgehead atoms. The molecule has 0 aromatic carbocycles. The molecule has 2 atom stereocenters. The Balaban J connectivity index is 2.37. The van der Waals surface area contributed by atoms with Crippen LogP contribution in [-0.4, -0.2) is 47.2 Å². The van der Waals surface area contributed by atoms with Crippen molar-refractivity contribution in [1.82, 2.24) is 14.5 Å². The van der Waals surface area contributed by atoms with Gasteiger partial charge in [0.05, 0.1) is 24.5 Å². The molecule has 2 rings (SSSR count). The largest absolute Gasteiger partial charge is 0.395 e. The van der Waals surface area contributed by atoms with Crippen LogP contribution in [0.3, 0.4) is 0 Å². The van der Waals surface area contributed by atoms with Crippen molar-refractivity contribution in [2.24, 2.45) is 5.92 Å². The summed E-state index contributed by atoms with van der Waals surface area (Å²) in [6.07, 6.45) is 2.10. The highest BCUT2D eigenvalue weighted by Gasteiger charge is 2.40. The maximum absolute atomic E-state index is 12.4. The zero-order chi connectivity index (χ0) is 12.6. The quantitative estimate of drug-likeness (QED) is 0.806. The number of aromatic nitrogens is 2. The lowest BCUT2D eigenvalue weighted by molar-refractivity contribution is 0.191. The van der Waals surface area contributed by atoms with E-state index in [4.69, 9.17) is 0 Å². The van der Waals surface area contributed by atoms with Gasteiger partial charge in [-0.25, -0.2) is 8.42 Å². The molecule has 0 amide bonds. The van der Waals surface area contributed by atoms with Crippen LogP contribution >= 0.6 is 0 Å². The van der Waals surface area contributed by atoms with Gasteiger partial charge in [-0.2, -0.15) is 9.40 Å². The molecule has 0 radical (unpaired) electrons. The second-order valence-electron chi connectivity index (χ2n) is 4.49. The monoisotopic (exact) mass is 259 g/mol. The summed E-state index contributed by atoms with van der Waals surface area (Å²) in [5.41, 5.74) is 0.529. The molecule has 0 spiro atoms. The van der Waals surface area contributed by atoms with E-state index in [2.05, 4.69) is 10.2 Å². The number of aryl methyl sites for hydroxylation is 1. The molecule has 2 heterocycles. The first-order chi connectivity index (χ1) is 7.98. The van der Waals surface area contributed by atoms with Gasteiger partial charge in [0.2, 0.25) is 10.0 Å². The minimum atomic E-state index is -3.54. The van der Waals surface area contributed by atoms with Crippen molar-refractivity contribution in [2.45, 2.75) is 31.2 Å². The van der Waals surface area contributed by atoms with E-state index in [1.165, 1.54) is 10.5 Å². The summed E-state index contributed by atoms with van der Waals surface area (Å²) >= 11 is 0.